The van der Waals surface area contributed by atoms with Crippen molar-refractivity contribution in [2.24, 2.45) is 0 Å². The molecule has 0 saturated carbocycles. The summed E-state index contributed by atoms with van der Waals surface area (Å²) in [6.07, 6.45) is 2.22. The van der Waals surface area contributed by atoms with Crippen molar-refractivity contribution >= 4 is 51.9 Å². The minimum atomic E-state index is -0.917. The minimum Gasteiger partial charge on any atom is -0.481 e. The molecule has 0 radical (unpaired) electrons. The van der Waals surface area contributed by atoms with Gasteiger partial charge in [0, 0.05) is 54.5 Å². The van der Waals surface area contributed by atoms with E-state index in [1.165, 1.54) is 4.68 Å². The Morgan fingerprint density at radius 2 is 1.92 bits per heavy atom. The van der Waals surface area contributed by atoms with Gasteiger partial charge in [-0.2, -0.15) is 5.10 Å². The summed E-state index contributed by atoms with van der Waals surface area (Å²) in [6.45, 7) is 1.52. The van der Waals surface area contributed by atoms with E-state index in [1.807, 2.05) is 0 Å². The molecular formula is C25H29Cl2N5O7. The average molecular weight is 582 g/mol. The molecule has 4 N–H and O–H groups in total. The van der Waals surface area contributed by atoms with Gasteiger partial charge >= 0.3 is 5.97 Å². The predicted octanol–water partition coefficient (Wildman–Crippen LogP) is 1.84. The van der Waals surface area contributed by atoms with Gasteiger partial charge in [0.05, 0.1) is 54.1 Å². The van der Waals surface area contributed by atoms with Crippen molar-refractivity contribution in [3.8, 4) is 11.3 Å². The average Bonchev–Trinajstić information content (AvgIpc) is 3.53. The number of aliphatic hydroxyl groups is 1. The Morgan fingerprint density at radius 3 is 2.67 bits per heavy atom. The quantitative estimate of drug-likeness (QED) is 0.222. The molecule has 1 aliphatic heterocycles. The van der Waals surface area contributed by atoms with Crippen molar-refractivity contribution in [1.29, 1.82) is 0 Å². The van der Waals surface area contributed by atoms with Crippen LogP contribution in [0, 0.1) is 0 Å². The monoisotopic (exact) mass is 581 g/mol. The highest BCUT2D eigenvalue weighted by molar-refractivity contribution is 6.45. The first kappa shape index (κ1) is 28.8. The Bertz CT molecular complexity index is 1360. The number of carboxylic acids is 1. The topological polar surface area (TPSA) is 159 Å². The number of rotatable bonds is 13. The summed E-state index contributed by atoms with van der Waals surface area (Å²) < 4.78 is 12.0. The predicted molar refractivity (Wildman–Crippen MR) is 143 cm³/mol. The van der Waals surface area contributed by atoms with Gasteiger partial charge in [-0.3, -0.25) is 19.1 Å². The maximum absolute atomic E-state index is 12.4. The maximum Gasteiger partial charge on any atom is 0.305 e. The van der Waals surface area contributed by atoms with Gasteiger partial charge in [0.1, 0.15) is 13.2 Å². The number of ether oxygens (including phenoxy) is 2. The Balaban J connectivity index is 1.38. The lowest BCUT2D eigenvalue weighted by Gasteiger charge is -2.26. The number of nitrogens with zero attached hydrogens (tertiary/aromatic N) is 3. The first-order valence-electron chi connectivity index (χ1n) is 12.4. The molecule has 0 saturated heterocycles. The number of carboxylic acid groups (broad SMARTS) is 1. The lowest BCUT2D eigenvalue weighted by molar-refractivity contribution is -0.138. The second kappa shape index (κ2) is 13.3. The number of aliphatic hydroxyl groups excluding tert-OH is 1. The molecule has 4 rings (SSSR count). The van der Waals surface area contributed by atoms with Gasteiger partial charge in [-0.05, 0) is 12.1 Å². The number of carbonyl (C=O) groups is 3. The molecule has 0 spiro atoms. The van der Waals surface area contributed by atoms with Gasteiger partial charge in [0.15, 0.2) is 0 Å². The molecule has 2 amide bonds. The second-order valence-corrected chi connectivity index (χ2v) is 9.68. The van der Waals surface area contributed by atoms with Crippen molar-refractivity contribution in [3.63, 3.8) is 0 Å². The number of benzene rings is 1. The van der Waals surface area contributed by atoms with E-state index in [4.69, 9.17) is 37.8 Å². The van der Waals surface area contributed by atoms with Crippen molar-refractivity contribution < 1.29 is 34.1 Å². The van der Waals surface area contributed by atoms with Gasteiger partial charge in [-0.25, -0.2) is 0 Å². The molecule has 1 aromatic carbocycles. The van der Waals surface area contributed by atoms with Crippen molar-refractivity contribution in [1.82, 2.24) is 25.0 Å². The molecule has 1 aliphatic rings. The van der Waals surface area contributed by atoms with Gasteiger partial charge in [0.25, 0.3) is 0 Å². The van der Waals surface area contributed by atoms with E-state index < -0.39 is 12.6 Å². The summed E-state index contributed by atoms with van der Waals surface area (Å²) in [5, 5.41) is 26.7. The SMILES string of the molecule is O=C(O)CCOCCOCCNC(=O)Cn1ccc(-c2cc(Cl)c(Cl)c3[nH]c4c(c23)CN(C(=O)CO)CC4)n1. The van der Waals surface area contributed by atoms with E-state index in [-0.39, 0.29) is 44.6 Å². The zero-order valence-electron chi connectivity index (χ0n) is 21.0. The van der Waals surface area contributed by atoms with Crippen LogP contribution in [0.2, 0.25) is 10.0 Å². The normalized spacial score (nSPS) is 13.1. The first-order chi connectivity index (χ1) is 18.8. The van der Waals surface area contributed by atoms with E-state index in [1.54, 1.807) is 23.2 Å². The van der Waals surface area contributed by atoms with Crippen LogP contribution >= 0.6 is 23.2 Å². The fraction of sp³-hybridized carbons (Fsp3) is 0.440. The molecule has 0 atom stereocenters. The molecule has 0 bridgehead atoms. The van der Waals surface area contributed by atoms with Crippen molar-refractivity contribution in [2.75, 3.05) is 46.1 Å². The number of H-pyrrole nitrogens is 1. The van der Waals surface area contributed by atoms with E-state index >= 15 is 0 Å². The lowest BCUT2D eigenvalue weighted by Crippen LogP contribution is -2.37. The summed E-state index contributed by atoms with van der Waals surface area (Å²) >= 11 is 13.0. The van der Waals surface area contributed by atoms with Crippen LogP contribution < -0.4 is 5.32 Å². The molecule has 14 heteroatoms. The number of hydrogen-bond donors (Lipinski definition) is 4. The van der Waals surface area contributed by atoms with Crippen LogP contribution in [-0.2, 0) is 43.4 Å². The third-order valence-corrected chi connectivity index (χ3v) is 7.04. The highest BCUT2D eigenvalue weighted by Crippen LogP contribution is 2.41. The molecule has 2 aromatic heterocycles. The number of amides is 2. The third kappa shape index (κ3) is 7.08. The summed E-state index contributed by atoms with van der Waals surface area (Å²) in [5.74, 6) is -1.51. The van der Waals surface area contributed by atoms with Crippen LogP contribution in [0.1, 0.15) is 17.7 Å². The lowest BCUT2D eigenvalue weighted by atomic mass is 9.99. The number of aromatic amines is 1. The maximum atomic E-state index is 12.4. The molecule has 39 heavy (non-hydrogen) atoms. The van der Waals surface area contributed by atoms with E-state index in [9.17, 15) is 19.5 Å². The fourth-order valence-corrected chi connectivity index (χ4v) is 4.79. The molecule has 210 valence electrons. The van der Waals surface area contributed by atoms with Crippen LogP contribution in [0.3, 0.4) is 0 Å². The van der Waals surface area contributed by atoms with Crippen LogP contribution in [0.5, 0.6) is 0 Å². The van der Waals surface area contributed by atoms with Gasteiger partial charge in [-0.1, -0.05) is 23.2 Å². The van der Waals surface area contributed by atoms with Crippen LogP contribution in [0.15, 0.2) is 18.3 Å². The molecule has 0 unspecified atom stereocenters. The zero-order chi connectivity index (χ0) is 27.9. The fourth-order valence-electron chi connectivity index (χ4n) is 4.39. The number of carbonyl (C=O) groups excluding carboxylic acids is 2. The number of halogens is 2. The minimum absolute atomic E-state index is 0.00715. The summed E-state index contributed by atoms with van der Waals surface area (Å²) in [7, 11) is 0. The number of nitrogens with one attached hydrogen (secondary N) is 2. The molecule has 3 aromatic rings. The van der Waals surface area contributed by atoms with Crippen LogP contribution in [-0.4, -0.2) is 93.8 Å². The third-order valence-electron chi connectivity index (χ3n) is 6.25. The summed E-state index contributed by atoms with van der Waals surface area (Å²) in [5.41, 5.74) is 3.80. The summed E-state index contributed by atoms with van der Waals surface area (Å²) in [6, 6.07) is 3.50. The Morgan fingerprint density at radius 1 is 1.15 bits per heavy atom. The highest BCUT2D eigenvalue weighted by atomic mass is 35.5. The van der Waals surface area contributed by atoms with Crippen molar-refractivity contribution in [3.05, 3.63) is 39.6 Å². The number of aliphatic carboxylic acids is 1. The Hall–Kier alpha value is -3.16. The highest BCUT2D eigenvalue weighted by Gasteiger charge is 2.27. The van der Waals surface area contributed by atoms with Gasteiger partial charge in [-0.15, -0.1) is 0 Å². The standard InChI is InChI=1S/C25H29Cl2N5O7/c26-17-11-15(23-16-12-31(21(35)14-33)5-1-18(16)29-25(23)24(17)27)19-2-6-32(30-19)13-20(34)28-4-8-39-10-9-38-7-3-22(36)37/h2,6,11,29,33H,1,3-5,7-10,12-14H2,(H,28,34)(H,36,37). The van der Waals surface area contributed by atoms with E-state index in [2.05, 4.69) is 15.4 Å². The molecular weight excluding hydrogens is 553 g/mol. The van der Waals surface area contributed by atoms with E-state index in [0.29, 0.717) is 59.5 Å². The number of aromatic nitrogens is 3. The smallest absolute Gasteiger partial charge is 0.305 e. The zero-order valence-corrected chi connectivity index (χ0v) is 22.6. The molecule has 0 fully saturated rings. The van der Waals surface area contributed by atoms with Crippen LogP contribution in [0.4, 0.5) is 0 Å². The Labute approximate surface area is 233 Å². The largest absolute Gasteiger partial charge is 0.481 e. The van der Waals surface area contributed by atoms with Gasteiger partial charge in [0.2, 0.25) is 11.8 Å². The number of fused-ring (bicyclic) bond motifs is 3. The Kier molecular flexibility index (Phi) is 9.81. The first-order valence-corrected chi connectivity index (χ1v) is 13.1. The molecule has 3 heterocycles. The number of hydrogen-bond acceptors (Lipinski definition) is 7. The molecule has 12 nitrogen and oxygen atoms in total. The summed E-state index contributed by atoms with van der Waals surface area (Å²) in [4.78, 5) is 39.9. The van der Waals surface area contributed by atoms with Crippen molar-refractivity contribution in [2.45, 2.75) is 25.9 Å². The molecule has 0 aliphatic carbocycles. The van der Waals surface area contributed by atoms with Gasteiger partial charge < -0.3 is 34.9 Å². The second-order valence-electron chi connectivity index (χ2n) is 8.89. The van der Waals surface area contributed by atoms with E-state index in [0.717, 1.165) is 16.6 Å². The van der Waals surface area contributed by atoms with Crippen LogP contribution in [0.25, 0.3) is 22.2 Å².